The molecule has 2 aliphatic rings. The average molecular weight is 900 g/mol. The minimum absolute atomic E-state index is 0.0584. The third kappa shape index (κ3) is 5.84. The van der Waals surface area contributed by atoms with Gasteiger partial charge in [0.15, 0.2) is 12.9 Å². The van der Waals surface area contributed by atoms with Gasteiger partial charge in [0.1, 0.15) is 16.7 Å². The summed E-state index contributed by atoms with van der Waals surface area (Å²) in [6.07, 6.45) is 2.38. The largest absolute Gasteiger partial charge is 0.456 e. The molecule has 1 N–H and O–H groups in total. The number of nitrogens with one attached hydrogen (secondary N) is 1. The molecule has 5 heterocycles. The Balaban J connectivity index is 1.04. The van der Waals surface area contributed by atoms with E-state index in [1.165, 1.54) is 88.0 Å². The van der Waals surface area contributed by atoms with Crippen LogP contribution in [0.2, 0.25) is 0 Å². The first kappa shape index (κ1) is 40.0. The Labute approximate surface area is 399 Å². The van der Waals surface area contributed by atoms with E-state index in [2.05, 4.69) is 174 Å². The molecule has 0 spiro atoms. The highest BCUT2D eigenvalue weighted by Crippen LogP contribution is 2.51. The molecule has 1 aliphatic carbocycles. The minimum Gasteiger partial charge on any atom is -0.456 e. The maximum Gasteiger partial charge on any atom is 0.227 e. The number of aromatic nitrogens is 2. The van der Waals surface area contributed by atoms with Gasteiger partial charge >= 0.3 is 0 Å². The molecule has 5 nitrogen and oxygen atoms in total. The molecule has 0 bridgehead atoms. The fraction of sp³-hybridized carbons (Fsp3) is 0.197. The van der Waals surface area contributed by atoms with Crippen LogP contribution in [0, 0.1) is 0 Å². The molecule has 330 valence electrons. The van der Waals surface area contributed by atoms with Crippen LogP contribution in [0.4, 0.5) is 11.4 Å². The molecule has 12 aromatic rings. The predicted octanol–water partition coefficient (Wildman–Crippen LogP) is 15.6. The summed E-state index contributed by atoms with van der Waals surface area (Å²) >= 11 is 1.93. The van der Waals surface area contributed by atoms with Gasteiger partial charge in [-0.3, -0.25) is 0 Å². The number of furan rings is 1. The van der Waals surface area contributed by atoms with Gasteiger partial charge in [0.05, 0.1) is 5.52 Å². The number of hydrogen-bond acceptors (Lipinski definition) is 5. The number of rotatable bonds is 4. The summed E-state index contributed by atoms with van der Waals surface area (Å²) in [4.78, 5) is 5.08. The molecule has 0 atom stereocenters. The van der Waals surface area contributed by atoms with Crippen LogP contribution >= 0.6 is 11.3 Å². The quantitative estimate of drug-likeness (QED) is 0.179. The average Bonchev–Trinajstić information content (AvgIpc) is 4.09. The van der Waals surface area contributed by atoms with Crippen LogP contribution in [0.25, 0.3) is 103 Å². The van der Waals surface area contributed by atoms with Crippen molar-refractivity contribution in [1.82, 2.24) is 9.55 Å². The Hall–Kier alpha value is -7.09. The fourth-order valence-electron chi connectivity index (χ4n) is 11.7. The van der Waals surface area contributed by atoms with E-state index in [1.54, 1.807) is 0 Å². The van der Waals surface area contributed by atoms with Gasteiger partial charge in [0, 0.05) is 87.6 Å². The lowest BCUT2D eigenvalue weighted by Crippen LogP contribution is -2.37. The summed E-state index contributed by atoms with van der Waals surface area (Å²) in [6, 6.07) is 51.4. The Morgan fingerprint density at radius 1 is 0.618 bits per heavy atom. The highest BCUT2D eigenvalue weighted by molar-refractivity contribution is 7.25. The van der Waals surface area contributed by atoms with E-state index >= 15 is 0 Å². The lowest BCUT2D eigenvalue weighted by atomic mass is 9.59. The standard InChI is InChI=1S/C61H50BN3O2S/c1-59(2,3)34-17-19-35(20-18-34)63-47-27-43-42-26-44-45(61(6,7)24-23-60(44,4)5)29-55(42)68-54(43)28-39(47)37-21-22-38-40-25-41-36-15-11-12-16-51(36)66-52(41)31-49(40)65-50-32-53-48(30-46(50)62-56(37)57(38)65)64-58(67-53)33-13-9-8-10-14-33/h8-22,25-32,62-63H,23-24H2,1-7H3. The number of nitrogens with zero attached hydrogens (tertiary/aromatic N) is 2. The van der Waals surface area contributed by atoms with Crippen molar-refractivity contribution in [2.24, 2.45) is 0 Å². The van der Waals surface area contributed by atoms with Crippen LogP contribution in [-0.4, -0.2) is 16.8 Å². The van der Waals surface area contributed by atoms with Crippen molar-refractivity contribution in [1.29, 1.82) is 0 Å². The zero-order valence-corrected chi connectivity index (χ0v) is 40.3. The summed E-state index contributed by atoms with van der Waals surface area (Å²) in [5, 5.41) is 11.3. The molecule has 0 saturated heterocycles. The van der Waals surface area contributed by atoms with Crippen molar-refractivity contribution in [3.63, 3.8) is 0 Å². The number of hydrogen-bond donors (Lipinski definition) is 1. The maximum atomic E-state index is 6.58. The maximum absolute atomic E-state index is 6.58. The summed E-state index contributed by atoms with van der Waals surface area (Å²) in [7, 11) is 0.738. The van der Waals surface area contributed by atoms with E-state index < -0.39 is 0 Å². The predicted molar refractivity (Wildman–Crippen MR) is 290 cm³/mol. The molecule has 0 amide bonds. The van der Waals surface area contributed by atoms with Gasteiger partial charge in [-0.15, -0.1) is 11.3 Å². The fourth-order valence-corrected chi connectivity index (χ4v) is 12.9. The highest BCUT2D eigenvalue weighted by Gasteiger charge is 2.38. The van der Waals surface area contributed by atoms with Gasteiger partial charge in [-0.1, -0.05) is 115 Å². The summed E-state index contributed by atoms with van der Waals surface area (Å²) in [5.74, 6) is 0.628. The number of benzene rings is 8. The van der Waals surface area contributed by atoms with Gasteiger partial charge in [0.25, 0.3) is 0 Å². The first-order chi connectivity index (χ1) is 32.8. The van der Waals surface area contributed by atoms with Gasteiger partial charge < -0.3 is 18.7 Å². The topological polar surface area (TPSA) is 56.1 Å². The third-order valence-corrected chi connectivity index (χ3v) is 16.8. The molecule has 7 heteroatoms. The second kappa shape index (κ2) is 13.8. The Morgan fingerprint density at radius 3 is 2.15 bits per heavy atom. The van der Waals surface area contributed by atoms with Gasteiger partial charge in [-0.2, -0.15) is 0 Å². The lowest BCUT2D eigenvalue weighted by molar-refractivity contribution is 0.332. The zero-order valence-electron chi connectivity index (χ0n) is 39.5. The SMILES string of the molecule is CC(C)(C)c1ccc(Nc2cc3c(cc2-c2ccc4c5cc6c(cc5n5c4c2Bc2cc4nc(-c7ccccc7)oc4cc2-5)oc2ccccc26)sc2cc4c(cc23)C(C)(C)CCC4(C)C)cc1. The molecule has 68 heavy (non-hydrogen) atoms. The summed E-state index contributed by atoms with van der Waals surface area (Å²) in [5.41, 5.74) is 19.5. The second-order valence-corrected chi connectivity index (χ2v) is 23.0. The van der Waals surface area contributed by atoms with E-state index in [0.29, 0.717) is 5.89 Å². The second-order valence-electron chi connectivity index (χ2n) is 21.9. The number of thiophene rings is 1. The smallest absolute Gasteiger partial charge is 0.227 e. The monoisotopic (exact) mass is 899 g/mol. The molecule has 4 aromatic heterocycles. The van der Waals surface area contributed by atoms with Crippen molar-refractivity contribution in [2.75, 3.05) is 5.32 Å². The normalized spacial score (nSPS) is 15.2. The minimum atomic E-state index is 0.0584. The van der Waals surface area contributed by atoms with E-state index in [9.17, 15) is 0 Å². The molecule has 14 rings (SSSR count). The number of fused-ring (bicyclic) bond motifs is 13. The third-order valence-electron chi connectivity index (χ3n) is 15.7. The molecule has 0 fully saturated rings. The Bertz CT molecular complexity index is 4120. The van der Waals surface area contributed by atoms with Crippen LogP contribution in [-0.2, 0) is 16.2 Å². The molecule has 0 unspecified atom stereocenters. The van der Waals surface area contributed by atoms with E-state index in [1.807, 2.05) is 35.6 Å². The zero-order chi connectivity index (χ0) is 46.0. The Morgan fingerprint density at radius 2 is 1.35 bits per heavy atom. The Kier molecular flexibility index (Phi) is 8.10. The number of para-hydroxylation sites is 1. The van der Waals surface area contributed by atoms with E-state index in [0.717, 1.165) is 68.5 Å². The van der Waals surface area contributed by atoms with E-state index in [4.69, 9.17) is 13.8 Å². The van der Waals surface area contributed by atoms with Gasteiger partial charge in [-0.05, 0) is 124 Å². The molecular weight excluding hydrogens is 850 g/mol. The summed E-state index contributed by atoms with van der Waals surface area (Å²) < 4.78 is 18.3. The van der Waals surface area contributed by atoms with Crippen LogP contribution in [0.15, 0.2) is 148 Å². The van der Waals surface area contributed by atoms with Gasteiger partial charge in [-0.25, -0.2) is 4.98 Å². The van der Waals surface area contributed by atoms with Crippen LogP contribution < -0.4 is 16.2 Å². The molecule has 0 radical (unpaired) electrons. The van der Waals surface area contributed by atoms with Gasteiger partial charge in [0.2, 0.25) is 5.89 Å². The highest BCUT2D eigenvalue weighted by atomic mass is 32.1. The van der Waals surface area contributed by atoms with Crippen LogP contribution in [0.3, 0.4) is 0 Å². The molecular formula is C61H50BN3O2S. The van der Waals surface area contributed by atoms with Crippen LogP contribution in [0.5, 0.6) is 0 Å². The van der Waals surface area contributed by atoms with Crippen molar-refractivity contribution in [3.8, 4) is 28.3 Å². The lowest BCUT2D eigenvalue weighted by Gasteiger charge is -2.41. The number of anilines is 2. The van der Waals surface area contributed by atoms with Crippen molar-refractivity contribution >= 4 is 116 Å². The first-order valence-electron chi connectivity index (χ1n) is 24.1. The van der Waals surface area contributed by atoms with E-state index in [-0.39, 0.29) is 16.2 Å². The first-order valence-corrected chi connectivity index (χ1v) is 24.9. The van der Waals surface area contributed by atoms with Crippen molar-refractivity contribution in [2.45, 2.75) is 77.6 Å². The molecule has 0 saturated carbocycles. The van der Waals surface area contributed by atoms with Crippen LogP contribution in [0.1, 0.15) is 78.0 Å². The molecule has 8 aromatic carbocycles. The van der Waals surface area contributed by atoms with Crippen molar-refractivity contribution < 1.29 is 8.83 Å². The summed E-state index contributed by atoms with van der Waals surface area (Å²) in [6.45, 7) is 16.6. The van der Waals surface area contributed by atoms with Crippen molar-refractivity contribution in [3.05, 3.63) is 156 Å². The molecule has 1 aliphatic heterocycles. The number of oxazole rings is 1.